The molecule has 76 heavy (non-hydrogen) atoms. The average molecular weight is 1030 g/mol. The monoisotopic (exact) mass is 1030 g/mol. The first-order valence-corrected chi connectivity index (χ1v) is 28.1. The number of anilines is 3. The van der Waals surface area contributed by atoms with Crippen molar-refractivity contribution >= 4 is 73.4 Å². The minimum atomic E-state index is -0.215. The van der Waals surface area contributed by atoms with Crippen molar-refractivity contribution in [1.29, 1.82) is 0 Å². The van der Waals surface area contributed by atoms with Gasteiger partial charge in [0.15, 0.2) is 5.13 Å². The molecule has 1 atom stereocenters. The number of halogens is 1. The Morgan fingerprint density at radius 2 is 1.55 bits per heavy atom. The number of fused-ring (bicyclic) bond motifs is 3. The second-order valence-electron chi connectivity index (χ2n) is 21.7. The van der Waals surface area contributed by atoms with Crippen molar-refractivity contribution in [3.63, 3.8) is 0 Å². The number of piperidine rings is 2. The second kappa shape index (κ2) is 21.4. The van der Waals surface area contributed by atoms with Gasteiger partial charge in [0, 0.05) is 101 Å². The Bertz CT molecular complexity index is 3520. The number of nitrogens with zero attached hydrogens (tertiary/aromatic N) is 7. The summed E-state index contributed by atoms with van der Waals surface area (Å²) in [6, 6.07) is 29.7. The average Bonchev–Trinajstić information content (AvgIpc) is 3.97. The van der Waals surface area contributed by atoms with Crippen LogP contribution < -0.4 is 31.1 Å². The summed E-state index contributed by atoms with van der Waals surface area (Å²) >= 11 is 1.65. The zero-order chi connectivity index (χ0) is 52.8. The van der Waals surface area contributed by atoms with Crippen molar-refractivity contribution in [3.8, 4) is 11.1 Å². The van der Waals surface area contributed by atoms with Crippen LogP contribution in [0.3, 0.4) is 0 Å². The van der Waals surface area contributed by atoms with Crippen LogP contribution in [0.5, 0.6) is 0 Å². The summed E-state index contributed by atoms with van der Waals surface area (Å²) in [6.45, 7) is 42.8. The van der Waals surface area contributed by atoms with Crippen molar-refractivity contribution in [2.24, 2.45) is 5.92 Å². The first kappa shape index (κ1) is 50.9. The minimum absolute atomic E-state index is 0.00415. The maximum absolute atomic E-state index is 15.9. The molecule has 4 aliphatic rings. The van der Waals surface area contributed by atoms with Crippen LogP contribution in [0.1, 0.15) is 85.0 Å². The third-order valence-electron chi connectivity index (χ3n) is 16.8. The third kappa shape index (κ3) is 10.1. The summed E-state index contributed by atoms with van der Waals surface area (Å²) in [5, 5.41) is 11.1. The van der Waals surface area contributed by atoms with Gasteiger partial charge < -0.3 is 29.9 Å². The molecule has 7 heterocycles. The fourth-order valence-corrected chi connectivity index (χ4v) is 13.3. The predicted octanol–water partition coefficient (Wildman–Crippen LogP) is 12.6. The maximum Gasteiger partial charge on any atom is 0.188 e. The summed E-state index contributed by atoms with van der Waals surface area (Å²) in [5.74, 6) is 1.49. The molecular formula is C65H72FN9S. The van der Waals surface area contributed by atoms with Crippen molar-refractivity contribution < 1.29 is 4.39 Å². The van der Waals surface area contributed by atoms with Crippen LogP contribution in [-0.2, 0) is 19.4 Å². The Labute approximate surface area is 452 Å². The van der Waals surface area contributed by atoms with E-state index in [1.54, 1.807) is 17.4 Å². The van der Waals surface area contributed by atoms with Crippen molar-refractivity contribution in [1.82, 2.24) is 29.7 Å². The summed E-state index contributed by atoms with van der Waals surface area (Å²) in [7, 11) is 0. The standard InChI is InChI=1S/C65H72FN9S/c1-41(2)64-54(24-26-63(70-64)74-32-29-51-18-14-20-53(57(51)40-74)45(6)68-65-69-59-21-10-11-22-62(59)76-65)52-19-13-17-50(44(52)5)16-12-15-49-27-30-71(31-28-49)39-43(4)72-33-35-73(36-34-72)61-38-56-48(9)75(47(8)55(56)37-58(61)66)60-25-23-42(3)67-46(60)7/h10-11,13-14,17-22,24,26,37-38,49,60,67H,1,3-4,6-9,12,15-16,23,25,27-36,39-40H2,2,5H3,(H,68,69). The topological polar surface area (TPSA) is 67.7 Å². The molecule has 3 aromatic heterocycles. The fraction of sp³-hybridized carbons (Fsp3) is 0.323. The Hall–Kier alpha value is -7.21. The van der Waals surface area contributed by atoms with Gasteiger partial charge in [-0.15, -0.1) is 0 Å². The number of benzene rings is 4. The zero-order valence-electron chi connectivity index (χ0n) is 44.6. The molecule has 0 aliphatic carbocycles. The van der Waals surface area contributed by atoms with Crippen LogP contribution in [0, 0.1) is 18.7 Å². The SMILES string of the molecule is C=C1CCC(n2c(=C)c3cc(F)c(N4CCN(C(=C)CN5CCC(CCCc6cccc(-c7ccc(N8CCc9cccc(C(=C)Nc%10nc%11ccccc%11s%10)c9C8)nc7C(=C)C)c6C)CC5)CC4)cc3c2=C)C(=C)N1. The highest BCUT2D eigenvalue weighted by Gasteiger charge is 2.28. The van der Waals surface area contributed by atoms with Crippen molar-refractivity contribution in [2.75, 3.05) is 67.5 Å². The number of nitrogens with one attached hydrogen (secondary N) is 2. The van der Waals surface area contributed by atoms with Gasteiger partial charge in [-0.25, -0.2) is 14.4 Å². The number of pyridine rings is 1. The lowest BCUT2D eigenvalue weighted by Crippen LogP contribution is -2.48. The molecule has 390 valence electrons. The van der Waals surface area contributed by atoms with Gasteiger partial charge in [0.1, 0.15) is 11.6 Å². The highest BCUT2D eigenvalue weighted by Crippen LogP contribution is 2.37. The Morgan fingerprint density at radius 1 is 0.789 bits per heavy atom. The molecule has 3 fully saturated rings. The van der Waals surface area contributed by atoms with E-state index in [0.717, 1.165) is 178 Å². The lowest BCUT2D eigenvalue weighted by molar-refractivity contribution is 0.173. The number of hydrogen-bond donors (Lipinski definition) is 2. The van der Waals surface area contributed by atoms with Gasteiger partial charge in [-0.05, 0) is 148 Å². The van der Waals surface area contributed by atoms with Crippen LogP contribution >= 0.6 is 11.3 Å². The number of rotatable bonds is 15. The van der Waals surface area contributed by atoms with E-state index in [2.05, 4.69) is 155 Å². The number of aryl methyl sites for hydroxylation is 1. The molecule has 7 aromatic rings. The minimum Gasteiger partial charge on any atom is -0.371 e. The summed E-state index contributed by atoms with van der Waals surface area (Å²) in [6.07, 6.45) is 8.55. The molecular weight excluding hydrogens is 958 g/mol. The van der Waals surface area contributed by atoms with Gasteiger partial charge in [-0.3, -0.25) is 4.90 Å². The van der Waals surface area contributed by atoms with E-state index in [1.165, 1.54) is 53.5 Å². The van der Waals surface area contributed by atoms with Crippen LogP contribution in [0.25, 0.3) is 56.5 Å². The van der Waals surface area contributed by atoms with Crippen LogP contribution in [0.4, 0.5) is 21.0 Å². The van der Waals surface area contributed by atoms with Crippen LogP contribution in [0.15, 0.2) is 135 Å². The number of para-hydroxylation sites is 1. The van der Waals surface area contributed by atoms with Crippen LogP contribution in [-0.4, -0.2) is 76.7 Å². The van der Waals surface area contributed by atoms with Gasteiger partial charge >= 0.3 is 0 Å². The van der Waals surface area contributed by atoms with Gasteiger partial charge in [0.2, 0.25) is 0 Å². The van der Waals surface area contributed by atoms with Gasteiger partial charge in [-0.1, -0.05) is 112 Å². The Balaban J connectivity index is 0.662. The van der Waals surface area contributed by atoms with E-state index >= 15 is 4.39 Å². The number of piperazine rings is 1. The van der Waals surface area contributed by atoms with Gasteiger partial charge in [0.25, 0.3) is 0 Å². The van der Waals surface area contributed by atoms with E-state index in [4.69, 9.17) is 9.97 Å². The highest BCUT2D eigenvalue weighted by molar-refractivity contribution is 7.22. The molecule has 11 heteroatoms. The van der Waals surface area contributed by atoms with E-state index in [9.17, 15) is 0 Å². The third-order valence-corrected chi connectivity index (χ3v) is 17.7. The van der Waals surface area contributed by atoms with Crippen molar-refractivity contribution in [3.05, 3.63) is 185 Å². The molecule has 11 rings (SSSR count). The van der Waals surface area contributed by atoms with E-state index in [0.29, 0.717) is 5.69 Å². The molecule has 1 unspecified atom stereocenters. The van der Waals surface area contributed by atoms with E-state index < -0.39 is 0 Å². The summed E-state index contributed by atoms with van der Waals surface area (Å²) < 4.78 is 19.1. The number of likely N-dealkylation sites (tertiary alicyclic amines) is 1. The first-order valence-electron chi connectivity index (χ1n) is 27.3. The van der Waals surface area contributed by atoms with E-state index in [-0.39, 0.29) is 11.9 Å². The molecule has 0 radical (unpaired) electrons. The smallest absolute Gasteiger partial charge is 0.188 e. The molecule has 0 saturated carbocycles. The predicted molar refractivity (Wildman–Crippen MR) is 319 cm³/mol. The van der Waals surface area contributed by atoms with Gasteiger partial charge in [0.05, 0.1) is 27.6 Å². The second-order valence-corrected chi connectivity index (χ2v) is 22.7. The zero-order valence-corrected chi connectivity index (χ0v) is 45.4. The number of allylic oxidation sites excluding steroid dienone is 3. The number of aromatic nitrogens is 3. The molecule has 0 spiro atoms. The molecule has 3 saturated heterocycles. The Morgan fingerprint density at radius 3 is 2.32 bits per heavy atom. The quantitative estimate of drug-likeness (QED) is 0.105. The molecule has 2 N–H and O–H groups in total. The molecule has 4 aliphatic heterocycles. The molecule has 0 bridgehead atoms. The lowest BCUT2D eigenvalue weighted by atomic mass is 9.88. The van der Waals surface area contributed by atoms with Gasteiger partial charge in [-0.2, -0.15) is 0 Å². The molecule has 0 amide bonds. The largest absolute Gasteiger partial charge is 0.371 e. The normalized spacial score (nSPS) is 17.6. The van der Waals surface area contributed by atoms with E-state index in [1.807, 2.05) is 18.2 Å². The maximum atomic E-state index is 15.9. The molecule has 9 nitrogen and oxygen atoms in total. The summed E-state index contributed by atoms with van der Waals surface area (Å²) in [5.41, 5.74) is 16.3. The Kier molecular flexibility index (Phi) is 14.4. The first-order chi connectivity index (χ1) is 36.8. The van der Waals surface area contributed by atoms with Crippen LogP contribution in [0.2, 0.25) is 0 Å². The number of hydrogen-bond acceptors (Lipinski definition) is 9. The highest BCUT2D eigenvalue weighted by atomic mass is 32.1. The molecule has 4 aromatic carbocycles. The number of thiazole rings is 1. The summed E-state index contributed by atoms with van der Waals surface area (Å²) in [4.78, 5) is 19.7. The van der Waals surface area contributed by atoms with Crippen molar-refractivity contribution in [2.45, 2.75) is 77.8 Å². The lowest BCUT2D eigenvalue weighted by Gasteiger charge is -2.40. The fourth-order valence-electron chi connectivity index (χ4n) is 12.5.